The van der Waals surface area contributed by atoms with Crippen LogP contribution in [0.2, 0.25) is 5.02 Å². The number of rotatable bonds is 4. The molecule has 5 nitrogen and oxygen atoms in total. The molecule has 0 aliphatic rings. The van der Waals surface area contributed by atoms with Crippen LogP contribution in [0, 0.1) is 0 Å². The maximum absolute atomic E-state index is 11.1. The summed E-state index contributed by atoms with van der Waals surface area (Å²) < 4.78 is 28.0. The monoisotopic (exact) mass is 364 g/mol. The van der Waals surface area contributed by atoms with Crippen molar-refractivity contribution in [2.75, 3.05) is 5.32 Å². The fraction of sp³-hybridized carbons (Fsp3) is 0.0909. The van der Waals surface area contributed by atoms with Crippen molar-refractivity contribution in [1.82, 2.24) is 0 Å². The second-order valence-corrected chi connectivity index (χ2v) is 6.53. The third-order valence-electron chi connectivity index (χ3n) is 2.30. The van der Waals surface area contributed by atoms with E-state index in [1.165, 1.54) is 6.07 Å². The van der Waals surface area contributed by atoms with Crippen LogP contribution >= 0.6 is 27.5 Å². The van der Waals surface area contributed by atoms with Crippen molar-refractivity contribution in [3.63, 3.8) is 0 Å². The van der Waals surface area contributed by atoms with E-state index in [-0.39, 0.29) is 5.09 Å². The van der Waals surface area contributed by atoms with E-state index in [1.807, 2.05) is 0 Å². The van der Waals surface area contributed by atoms with E-state index >= 15 is 0 Å². The summed E-state index contributed by atoms with van der Waals surface area (Å²) >= 11 is 9.19. The van der Waals surface area contributed by atoms with Gasteiger partial charge in [-0.15, -0.1) is 0 Å². The van der Waals surface area contributed by atoms with Crippen LogP contribution in [0.5, 0.6) is 0 Å². The third-order valence-corrected chi connectivity index (χ3v) is 3.97. The van der Waals surface area contributed by atoms with Crippen LogP contribution in [0.1, 0.15) is 5.76 Å². The molecule has 0 aliphatic heterocycles. The number of nitrogens with one attached hydrogen (secondary N) is 1. The first-order valence-electron chi connectivity index (χ1n) is 5.17. The number of hydrogen-bond donors (Lipinski definition) is 2. The summed E-state index contributed by atoms with van der Waals surface area (Å²) in [6, 6.07) is 8.17. The Kier molecular flexibility index (Phi) is 4.19. The number of benzene rings is 1. The van der Waals surface area contributed by atoms with E-state index in [1.54, 1.807) is 24.3 Å². The molecule has 0 unspecified atom stereocenters. The fourth-order valence-electron chi connectivity index (χ4n) is 1.42. The molecule has 0 saturated heterocycles. The van der Waals surface area contributed by atoms with E-state index in [0.29, 0.717) is 17.3 Å². The van der Waals surface area contributed by atoms with Crippen molar-refractivity contribution in [2.24, 2.45) is 5.14 Å². The molecule has 102 valence electrons. The molecule has 19 heavy (non-hydrogen) atoms. The van der Waals surface area contributed by atoms with Gasteiger partial charge >= 0.3 is 0 Å². The minimum atomic E-state index is -3.80. The maximum atomic E-state index is 11.1. The van der Waals surface area contributed by atoms with E-state index in [0.717, 1.165) is 10.2 Å². The smallest absolute Gasteiger partial charge is 0.271 e. The van der Waals surface area contributed by atoms with Gasteiger partial charge in [-0.25, -0.2) is 13.6 Å². The molecular weight excluding hydrogens is 356 g/mol. The molecule has 0 bridgehead atoms. The Hall–Kier alpha value is -1.02. The summed E-state index contributed by atoms with van der Waals surface area (Å²) in [5.41, 5.74) is 0.818. The fourth-order valence-corrected chi connectivity index (χ4v) is 2.73. The van der Waals surface area contributed by atoms with Gasteiger partial charge in [-0.1, -0.05) is 11.6 Å². The largest absolute Gasteiger partial charge is 0.446 e. The number of sulfonamides is 1. The molecule has 0 amide bonds. The van der Waals surface area contributed by atoms with Gasteiger partial charge < -0.3 is 9.73 Å². The minimum absolute atomic E-state index is 0.250. The van der Waals surface area contributed by atoms with Gasteiger partial charge in [0.25, 0.3) is 10.0 Å². The Morgan fingerprint density at radius 3 is 2.63 bits per heavy atom. The van der Waals surface area contributed by atoms with Crippen molar-refractivity contribution in [3.05, 3.63) is 45.6 Å². The van der Waals surface area contributed by atoms with Crippen LogP contribution in [0.15, 0.2) is 44.3 Å². The highest BCUT2D eigenvalue weighted by molar-refractivity contribution is 9.10. The summed E-state index contributed by atoms with van der Waals surface area (Å²) in [4.78, 5) is 0. The molecule has 1 aromatic heterocycles. The Morgan fingerprint density at radius 1 is 1.32 bits per heavy atom. The molecule has 0 saturated carbocycles. The lowest BCUT2D eigenvalue weighted by atomic mass is 10.3. The standard InChI is InChI=1S/C11H10BrClN2O3S/c12-9-5-7(13)1-3-10(9)15-6-8-2-4-11(18-8)19(14,16)17/h1-5,15H,6H2,(H2,14,16,17). The lowest BCUT2D eigenvalue weighted by molar-refractivity contribution is 0.419. The average molecular weight is 366 g/mol. The predicted octanol–water partition coefficient (Wildman–Crippen LogP) is 2.96. The first-order chi connectivity index (χ1) is 8.86. The van der Waals surface area contributed by atoms with Gasteiger partial charge in [0.15, 0.2) is 0 Å². The number of hydrogen-bond acceptors (Lipinski definition) is 4. The van der Waals surface area contributed by atoms with Crippen LogP contribution in [0.4, 0.5) is 5.69 Å². The SMILES string of the molecule is NS(=O)(=O)c1ccc(CNc2ccc(Cl)cc2Br)o1. The van der Waals surface area contributed by atoms with Crippen LogP contribution in [0.3, 0.4) is 0 Å². The van der Waals surface area contributed by atoms with Crippen molar-refractivity contribution < 1.29 is 12.8 Å². The highest BCUT2D eigenvalue weighted by Gasteiger charge is 2.13. The normalized spacial score (nSPS) is 11.5. The van der Waals surface area contributed by atoms with Crippen molar-refractivity contribution in [1.29, 1.82) is 0 Å². The first kappa shape index (κ1) is 14.4. The molecule has 0 spiro atoms. The number of nitrogens with two attached hydrogens (primary N) is 1. The van der Waals surface area contributed by atoms with E-state index in [2.05, 4.69) is 21.2 Å². The number of primary sulfonamides is 1. The highest BCUT2D eigenvalue weighted by Crippen LogP contribution is 2.26. The second kappa shape index (κ2) is 5.54. The van der Waals surface area contributed by atoms with Gasteiger partial charge in [-0.05, 0) is 46.3 Å². The van der Waals surface area contributed by atoms with Gasteiger partial charge in [-0.2, -0.15) is 0 Å². The van der Waals surface area contributed by atoms with Gasteiger partial charge in [0, 0.05) is 15.2 Å². The molecule has 1 heterocycles. The van der Waals surface area contributed by atoms with Gasteiger partial charge in [0.1, 0.15) is 5.76 Å². The van der Waals surface area contributed by atoms with Gasteiger partial charge in [0.05, 0.1) is 6.54 Å². The number of furan rings is 1. The number of halogens is 2. The minimum Gasteiger partial charge on any atom is -0.446 e. The molecular formula is C11H10BrClN2O3S. The Balaban J connectivity index is 2.09. The van der Waals surface area contributed by atoms with Gasteiger partial charge in [0.2, 0.25) is 5.09 Å². The highest BCUT2D eigenvalue weighted by atomic mass is 79.9. The van der Waals surface area contributed by atoms with Crippen LogP contribution in [-0.2, 0) is 16.6 Å². The first-order valence-corrected chi connectivity index (χ1v) is 7.88. The van der Waals surface area contributed by atoms with Crippen LogP contribution in [0.25, 0.3) is 0 Å². The maximum Gasteiger partial charge on any atom is 0.271 e. The summed E-state index contributed by atoms with van der Waals surface area (Å²) in [5.74, 6) is 0.464. The molecule has 0 aliphatic carbocycles. The van der Waals surface area contributed by atoms with Crippen molar-refractivity contribution in [2.45, 2.75) is 11.6 Å². The summed E-state index contributed by atoms with van der Waals surface area (Å²) in [7, 11) is -3.80. The summed E-state index contributed by atoms with van der Waals surface area (Å²) in [6.07, 6.45) is 0. The van der Waals surface area contributed by atoms with E-state index in [4.69, 9.17) is 21.2 Å². The van der Waals surface area contributed by atoms with Crippen molar-refractivity contribution in [3.8, 4) is 0 Å². The lowest BCUT2D eigenvalue weighted by Crippen LogP contribution is -2.10. The third kappa shape index (κ3) is 3.73. The molecule has 0 radical (unpaired) electrons. The average Bonchev–Trinajstić information content (AvgIpc) is 2.76. The van der Waals surface area contributed by atoms with Gasteiger partial charge in [-0.3, -0.25) is 0 Å². The zero-order chi connectivity index (χ0) is 14.0. The lowest BCUT2D eigenvalue weighted by Gasteiger charge is -2.07. The molecule has 0 fully saturated rings. The zero-order valence-electron chi connectivity index (χ0n) is 9.56. The summed E-state index contributed by atoms with van der Waals surface area (Å²) in [5, 5.41) is 8.41. The predicted molar refractivity (Wildman–Crippen MR) is 76.6 cm³/mol. The van der Waals surface area contributed by atoms with E-state index in [9.17, 15) is 8.42 Å². The zero-order valence-corrected chi connectivity index (χ0v) is 12.7. The van der Waals surface area contributed by atoms with Crippen LogP contribution in [-0.4, -0.2) is 8.42 Å². The van der Waals surface area contributed by atoms with E-state index < -0.39 is 10.0 Å². The summed E-state index contributed by atoms with van der Waals surface area (Å²) in [6.45, 7) is 0.329. The van der Waals surface area contributed by atoms with Crippen molar-refractivity contribution >= 4 is 43.2 Å². The molecule has 1 aromatic carbocycles. The molecule has 3 N–H and O–H groups in total. The topological polar surface area (TPSA) is 85.3 Å². The Bertz CT molecular complexity index is 700. The molecule has 0 atom stereocenters. The number of anilines is 1. The quantitative estimate of drug-likeness (QED) is 0.872. The second-order valence-electron chi connectivity index (χ2n) is 3.74. The Morgan fingerprint density at radius 2 is 2.05 bits per heavy atom. The molecule has 2 aromatic rings. The van der Waals surface area contributed by atoms with Crippen LogP contribution < -0.4 is 10.5 Å². The Labute approximate surface area is 123 Å². The molecule has 2 rings (SSSR count). The molecule has 8 heteroatoms.